The van der Waals surface area contributed by atoms with Crippen LogP contribution in [0.2, 0.25) is 0 Å². The van der Waals surface area contributed by atoms with E-state index in [1.54, 1.807) is 6.92 Å². The van der Waals surface area contributed by atoms with Gasteiger partial charge in [-0.2, -0.15) is 0 Å². The van der Waals surface area contributed by atoms with Gasteiger partial charge in [-0.25, -0.2) is 0 Å². The normalized spacial score (nSPS) is 16.5. The van der Waals surface area contributed by atoms with Crippen LogP contribution >= 0.6 is 0 Å². The minimum atomic E-state index is -0.0885. The second kappa shape index (κ2) is 3.89. The predicted octanol–water partition coefficient (Wildman–Crippen LogP) is 3.04. The molecule has 1 unspecified atom stereocenters. The SMILES string of the molecule is CCCC(C)(C(C)=O)C(C)C. The topological polar surface area (TPSA) is 17.1 Å². The maximum atomic E-state index is 11.3. The van der Waals surface area contributed by atoms with Crippen LogP contribution in [0.4, 0.5) is 0 Å². The zero-order valence-electron chi connectivity index (χ0n) is 8.40. The Morgan fingerprint density at radius 2 is 1.91 bits per heavy atom. The highest BCUT2D eigenvalue weighted by molar-refractivity contribution is 5.82. The van der Waals surface area contributed by atoms with Gasteiger partial charge >= 0.3 is 0 Å². The first-order valence-corrected chi connectivity index (χ1v) is 4.46. The molecule has 0 aliphatic rings. The Hall–Kier alpha value is -0.330. The van der Waals surface area contributed by atoms with Crippen molar-refractivity contribution in [2.45, 2.75) is 47.5 Å². The highest BCUT2D eigenvalue weighted by Gasteiger charge is 2.31. The van der Waals surface area contributed by atoms with Gasteiger partial charge < -0.3 is 0 Å². The quantitative estimate of drug-likeness (QED) is 0.611. The maximum Gasteiger partial charge on any atom is 0.135 e. The number of hydrogen-bond donors (Lipinski definition) is 0. The molecule has 66 valence electrons. The van der Waals surface area contributed by atoms with Gasteiger partial charge in [-0.15, -0.1) is 0 Å². The molecular formula is C10H20O. The van der Waals surface area contributed by atoms with E-state index >= 15 is 0 Å². The van der Waals surface area contributed by atoms with Crippen LogP contribution < -0.4 is 0 Å². The fourth-order valence-electron chi connectivity index (χ4n) is 1.39. The summed E-state index contributed by atoms with van der Waals surface area (Å²) < 4.78 is 0. The van der Waals surface area contributed by atoms with E-state index in [2.05, 4.69) is 27.7 Å². The van der Waals surface area contributed by atoms with Crippen molar-refractivity contribution in [2.24, 2.45) is 11.3 Å². The summed E-state index contributed by atoms with van der Waals surface area (Å²) >= 11 is 0. The van der Waals surface area contributed by atoms with E-state index in [0.717, 1.165) is 12.8 Å². The van der Waals surface area contributed by atoms with Crippen molar-refractivity contribution in [3.63, 3.8) is 0 Å². The molecule has 0 saturated heterocycles. The third-order valence-electron chi connectivity index (χ3n) is 2.85. The number of Topliss-reactive ketones (excluding diaryl/α,β-unsaturated/α-hetero) is 1. The summed E-state index contributed by atoms with van der Waals surface area (Å²) in [6, 6.07) is 0. The van der Waals surface area contributed by atoms with Crippen molar-refractivity contribution in [1.82, 2.24) is 0 Å². The van der Waals surface area contributed by atoms with Crippen molar-refractivity contribution in [2.75, 3.05) is 0 Å². The molecule has 0 spiro atoms. The van der Waals surface area contributed by atoms with Crippen LogP contribution in [0.15, 0.2) is 0 Å². The number of rotatable bonds is 4. The minimum Gasteiger partial charge on any atom is -0.299 e. The molecule has 0 aromatic carbocycles. The molecular weight excluding hydrogens is 136 g/mol. The van der Waals surface area contributed by atoms with Gasteiger partial charge in [0.2, 0.25) is 0 Å². The van der Waals surface area contributed by atoms with Crippen LogP contribution in [0, 0.1) is 11.3 Å². The van der Waals surface area contributed by atoms with E-state index in [1.807, 2.05) is 0 Å². The molecule has 0 aromatic rings. The zero-order chi connectivity index (χ0) is 9.07. The molecule has 11 heavy (non-hydrogen) atoms. The van der Waals surface area contributed by atoms with Gasteiger partial charge in [0, 0.05) is 5.41 Å². The molecule has 0 heterocycles. The lowest BCUT2D eigenvalue weighted by molar-refractivity contribution is -0.128. The fourth-order valence-corrected chi connectivity index (χ4v) is 1.39. The van der Waals surface area contributed by atoms with Gasteiger partial charge in [0.1, 0.15) is 5.78 Å². The molecule has 0 aliphatic heterocycles. The summed E-state index contributed by atoms with van der Waals surface area (Å²) in [4.78, 5) is 11.3. The monoisotopic (exact) mass is 156 g/mol. The van der Waals surface area contributed by atoms with Crippen LogP contribution in [-0.2, 0) is 4.79 Å². The first kappa shape index (κ1) is 10.7. The lowest BCUT2D eigenvalue weighted by atomic mass is 9.73. The van der Waals surface area contributed by atoms with Gasteiger partial charge in [0.25, 0.3) is 0 Å². The van der Waals surface area contributed by atoms with Gasteiger partial charge in [-0.3, -0.25) is 4.79 Å². The maximum absolute atomic E-state index is 11.3. The van der Waals surface area contributed by atoms with Crippen molar-refractivity contribution in [1.29, 1.82) is 0 Å². The predicted molar refractivity (Wildman–Crippen MR) is 48.5 cm³/mol. The number of carbonyl (C=O) groups is 1. The average molecular weight is 156 g/mol. The van der Waals surface area contributed by atoms with Gasteiger partial charge in [0.05, 0.1) is 0 Å². The molecule has 1 heteroatoms. The van der Waals surface area contributed by atoms with Crippen molar-refractivity contribution in [3.05, 3.63) is 0 Å². The molecule has 0 aliphatic carbocycles. The third-order valence-corrected chi connectivity index (χ3v) is 2.85. The molecule has 1 nitrogen and oxygen atoms in total. The summed E-state index contributed by atoms with van der Waals surface area (Å²) in [5, 5.41) is 0. The van der Waals surface area contributed by atoms with E-state index in [1.165, 1.54) is 0 Å². The second-order valence-corrected chi connectivity index (χ2v) is 3.88. The number of ketones is 1. The molecule has 0 N–H and O–H groups in total. The van der Waals surface area contributed by atoms with Crippen molar-refractivity contribution in [3.8, 4) is 0 Å². The van der Waals surface area contributed by atoms with Crippen LogP contribution in [0.5, 0.6) is 0 Å². The van der Waals surface area contributed by atoms with E-state index in [0.29, 0.717) is 11.7 Å². The Bertz CT molecular complexity index is 138. The highest BCUT2D eigenvalue weighted by Crippen LogP contribution is 2.32. The Morgan fingerprint density at radius 1 is 1.45 bits per heavy atom. The van der Waals surface area contributed by atoms with Crippen LogP contribution in [0.25, 0.3) is 0 Å². The largest absolute Gasteiger partial charge is 0.299 e. The summed E-state index contributed by atoms with van der Waals surface area (Å²) in [6.07, 6.45) is 2.11. The Kier molecular flexibility index (Phi) is 3.77. The summed E-state index contributed by atoms with van der Waals surface area (Å²) in [7, 11) is 0. The lowest BCUT2D eigenvalue weighted by Gasteiger charge is -2.30. The van der Waals surface area contributed by atoms with E-state index in [9.17, 15) is 4.79 Å². The number of carbonyl (C=O) groups excluding carboxylic acids is 1. The number of hydrogen-bond acceptors (Lipinski definition) is 1. The van der Waals surface area contributed by atoms with Crippen LogP contribution in [-0.4, -0.2) is 5.78 Å². The fraction of sp³-hybridized carbons (Fsp3) is 0.900. The Labute approximate surface area is 70.2 Å². The van der Waals surface area contributed by atoms with Gasteiger partial charge in [-0.1, -0.05) is 34.1 Å². The van der Waals surface area contributed by atoms with E-state index in [-0.39, 0.29) is 5.41 Å². The van der Waals surface area contributed by atoms with E-state index in [4.69, 9.17) is 0 Å². The minimum absolute atomic E-state index is 0.0885. The van der Waals surface area contributed by atoms with Crippen molar-refractivity contribution < 1.29 is 4.79 Å². The summed E-state index contributed by atoms with van der Waals surface area (Å²) in [5.74, 6) is 0.786. The molecule has 0 bridgehead atoms. The standard InChI is InChI=1S/C10H20O/c1-6-7-10(5,8(2)3)9(4)11/h8H,6-7H2,1-5H3. The van der Waals surface area contributed by atoms with Crippen molar-refractivity contribution >= 4 is 5.78 Å². The first-order chi connectivity index (χ1) is 4.95. The third kappa shape index (κ3) is 2.32. The molecule has 0 radical (unpaired) electrons. The molecule has 0 amide bonds. The Balaban J connectivity index is 4.38. The van der Waals surface area contributed by atoms with Crippen LogP contribution in [0.3, 0.4) is 0 Å². The molecule has 0 rings (SSSR count). The smallest absolute Gasteiger partial charge is 0.135 e. The molecule has 0 fully saturated rings. The zero-order valence-corrected chi connectivity index (χ0v) is 8.40. The lowest BCUT2D eigenvalue weighted by Crippen LogP contribution is -2.31. The van der Waals surface area contributed by atoms with Gasteiger partial charge in [0.15, 0.2) is 0 Å². The summed E-state index contributed by atoms with van der Waals surface area (Å²) in [6.45, 7) is 10.1. The average Bonchev–Trinajstić information content (AvgIpc) is 1.87. The highest BCUT2D eigenvalue weighted by atomic mass is 16.1. The van der Waals surface area contributed by atoms with Crippen LogP contribution in [0.1, 0.15) is 47.5 Å². The molecule has 0 saturated carbocycles. The summed E-state index contributed by atoms with van der Waals surface area (Å²) in [5.41, 5.74) is -0.0885. The van der Waals surface area contributed by atoms with E-state index < -0.39 is 0 Å². The molecule has 1 atom stereocenters. The van der Waals surface area contributed by atoms with Gasteiger partial charge in [-0.05, 0) is 19.3 Å². The first-order valence-electron chi connectivity index (χ1n) is 4.46. The molecule has 0 aromatic heterocycles. The second-order valence-electron chi connectivity index (χ2n) is 3.88. The Morgan fingerprint density at radius 3 is 2.00 bits per heavy atom.